The van der Waals surface area contributed by atoms with Crippen LogP contribution in [0.4, 0.5) is 0 Å². The van der Waals surface area contributed by atoms with Gasteiger partial charge in [0.1, 0.15) is 0 Å². The molecule has 1 aromatic carbocycles. The van der Waals surface area contributed by atoms with Crippen LogP contribution in [0.15, 0.2) is 33.6 Å². The van der Waals surface area contributed by atoms with Gasteiger partial charge in [-0.25, -0.2) is 0 Å². The molecule has 0 aliphatic carbocycles. The summed E-state index contributed by atoms with van der Waals surface area (Å²) in [6, 6.07) is 6.47. The maximum Gasteiger partial charge on any atom is 0.297 e. The van der Waals surface area contributed by atoms with Gasteiger partial charge in [-0.1, -0.05) is 35.8 Å². The number of halogens is 1. The lowest BCUT2D eigenvalue weighted by atomic mass is 10.2. The highest BCUT2D eigenvalue weighted by atomic mass is 79.9. The molecule has 0 aliphatic heterocycles. The maximum absolute atomic E-state index is 11.6. The molecule has 1 aromatic rings. The minimum atomic E-state index is -3.61. The van der Waals surface area contributed by atoms with Crippen molar-refractivity contribution in [2.75, 3.05) is 6.61 Å². The van der Waals surface area contributed by atoms with Gasteiger partial charge in [-0.2, -0.15) is 8.42 Å². The van der Waals surface area contributed by atoms with E-state index in [9.17, 15) is 8.42 Å². The van der Waals surface area contributed by atoms with E-state index < -0.39 is 10.1 Å². The van der Waals surface area contributed by atoms with Crippen molar-refractivity contribution >= 4 is 26.0 Å². The Hall–Kier alpha value is -0.390. The number of hydrogen-bond donors (Lipinski definition) is 0. The molecule has 1 rings (SSSR count). The Morgan fingerprint density at radius 2 is 2.07 bits per heavy atom. The topological polar surface area (TPSA) is 43.4 Å². The lowest BCUT2D eigenvalue weighted by Crippen LogP contribution is -2.10. The summed E-state index contributed by atoms with van der Waals surface area (Å²) in [5.41, 5.74) is 0. The van der Waals surface area contributed by atoms with Gasteiger partial charge >= 0.3 is 0 Å². The van der Waals surface area contributed by atoms with Crippen LogP contribution in [0.3, 0.4) is 0 Å². The smallest absolute Gasteiger partial charge is 0.266 e. The second-order valence-electron chi connectivity index (χ2n) is 3.59. The molecule has 0 saturated carbocycles. The van der Waals surface area contributed by atoms with E-state index in [4.69, 9.17) is 4.18 Å². The van der Waals surface area contributed by atoms with Gasteiger partial charge in [0.15, 0.2) is 0 Å². The molecular weight excluding hydrogens is 280 g/mol. The highest BCUT2D eigenvalue weighted by Crippen LogP contribution is 2.18. The predicted molar refractivity (Wildman–Crippen MR) is 62.1 cm³/mol. The van der Waals surface area contributed by atoms with Crippen molar-refractivity contribution in [3.8, 4) is 0 Å². The van der Waals surface area contributed by atoms with Crippen molar-refractivity contribution in [2.24, 2.45) is 5.92 Å². The first-order valence-corrected chi connectivity index (χ1v) is 6.77. The zero-order valence-electron chi connectivity index (χ0n) is 8.60. The van der Waals surface area contributed by atoms with Crippen LogP contribution in [0.2, 0.25) is 0 Å². The van der Waals surface area contributed by atoms with E-state index in [2.05, 4.69) is 15.9 Å². The van der Waals surface area contributed by atoms with Gasteiger partial charge in [0.25, 0.3) is 10.1 Å². The van der Waals surface area contributed by atoms with Gasteiger partial charge in [-0.05, 0) is 24.1 Å². The Kier molecular flexibility index (Phi) is 4.31. The quantitative estimate of drug-likeness (QED) is 0.802. The molecule has 0 aliphatic rings. The van der Waals surface area contributed by atoms with Crippen LogP contribution in [-0.4, -0.2) is 15.0 Å². The lowest BCUT2D eigenvalue weighted by Gasteiger charge is -2.07. The first kappa shape index (κ1) is 12.7. The van der Waals surface area contributed by atoms with Crippen molar-refractivity contribution in [2.45, 2.75) is 18.7 Å². The molecule has 0 N–H and O–H groups in total. The van der Waals surface area contributed by atoms with Crippen molar-refractivity contribution in [1.82, 2.24) is 0 Å². The summed E-state index contributed by atoms with van der Waals surface area (Å²) in [6.45, 7) is 4.00. The molecule has 0 unspecified atom stereocenters. The average molecular weight is 293 g/mol. The van der Waals surface area contributed by atoms with E-state index in [0.717, 1.165) is 4.47 Å². The van der Waals surface area contributed by atoms with Gasteiger partial charge in [0.05, 0.1) is 11.5 Å². The van der Waals surface area contributed by atoms with Gasteiger partial charge in [-0.3, -0.25) is 4.18 Å². The molecule has 0 amide bonds. The average Bonchev–Trinajstić information content (AvgIpc) is 2.15. The molecule has 0 heterocycles. The summed E-state index contributed by atoms with van der Waals surface area (Å²) < 4.78 is 28.9. The van der Waals surface area contributed by atoms with Crippen LogP contribution in [0.25, 0.3) is 0 Å². The van der Waals surface area contributed by atoms with Gasteiger partial charge in [0.2, 0.25) is 0 Å². The summed E-state index contributed by atoms with van der Waals surface area (Å²) in [6.07, 6.45) is 0. The Balaban J connectivity index is 2.87. The standard InChI is InChI=1S/C10H13BrO3S/c1-8(2)7-14-15(12,13)10-5-3-4-9(11)6-10/h3-6,8H,7H2,1-2H3. The molecule has 0 bridgehead atoms. The summed E-state index contributed by atoms with van der Waals surface area (Å²) >= 11 is 3.21. The molecular formula is C10H13BrO3S. The molecule has 0 saturated heterocycles. The highest BCUT2D eigenvalue weighted by molar-refractivity contribution is 9.10. The van der Waals surface area contributed by atoms with E-state index in [1.54, 1.807) is 12.1 Å². The Morgan fingerprint density at radius 1 is 1.40 bits per heavy atom. The normalized spacial score (nSPS) is 12.0. The third-order valence-electron chi connectivity index (χ3n) is 1.64. The maximum atomic E-state index is 11.6. The number of hydrogen-bond acceptors (Lipinski definition) is 3. The number of benzene rings is 1. The third kappa shape index (κ3) is 3.93. The third-order valence-corrected chi connectivity index (χ3v) is 3.41. The fraction of sp³-hybridized carbons (Fsp3) is 0.400. The van der Waals surface area contributed by atoms with Crippen molar-refractivity contribution in [3.63, 3.8) is 0 Å². The SMILES string of the molecule is CC(C)COS(=O)(=O)c1cccc(Br)c1. The fourth-order valence-corrected chi connectivity index (χ4v) is 2.57. The van der Waals surface area contributed by atoms with E-state index in [-0.39, 0.29) is 17.4 Å². The minimum absolute atomic E-state index is 0.178. The van der Waals surface area contributed by atoms with Crippen LogP contribution in [0.1, 0.15) is 13.8 Å². The van der Waals surface area contributed by atoms with Crippen molar-refractivity contribution in [3.05, 3.63) is 28.7 Å². The Morgan fingerprint density at radius 3 is 2.60 bits per heavy atom. The first-order valence-electron chi connectivity index (χ1n) is 4.57. The molecule has 5 heteroatoms. The summed E-state index contributed by atoms with van der Waals surface area (Å²) in [7, 11) is -3.61. The van der Waals surface area contributed by atoms with E-state index >= 15 is 0 Å². The molecule has 0 radical (unpaired) electrons. The summed E-state index contributed by atoms with van der Waals surface area (Å²) in [4.78, 5) is 0.178. The monoisotopic (exact) mass is 292 g/mol. The molecule has 0 aromatic heterocycles. The van der Waals surface area contributed by atoms with Crippen LogP contribution in [-0.2, 0) is 14.3 Å². The predicted octanol–water partition coefficient (Wildman–Crippen LogP) is 2.81. The second-order valence-corrected chi connectivity index (χ2v) is 6.12. The number of rotatable bonds is 4. The Bertz CT molecular complexity index is 426. The van der Waals surface area contributed by atoms with Crippen LogP contribution < -0.4 is 0 Å². The van der Waals surface area contributed by atoms with Crippen LogP contribution in [0, 0.1) is 5.92 Å². The van der Waals surface area contributed by atoms with Crippen LogP contribution >= 0.6 is 15.9 Å². The molecule has 0 fully saturated rings. The summed E-state index contributed by atoms with van der Waals surface area (Å²) in [5.74, 6) is 0.187. The molecule has 0 spiro atoms. The molecule has 0 atom stereocenters. The van der Waals surface area contributed by atoms with Crippen molar-refractivity contribution < 1.29 is 12.6 Å². The van der Waals surface area contributed by atoms with Crippen molar-refractivity contribution in [1.29, 1.82) is 0 Å². The molecule has 84 valence electrons. The summed E-state index contributed by atoms with van der Waals surface area (Å²) in [5, 5.41) is 0. The van der Waals surface area contributed by atoms with Gasteiger partial charge in [0, 0.05) is 4.47 Å². The minimum Gasteiger partial charge on any atom is -0.266 e. The van der Waals surface area contributed by atoms with E-state index in [1.165, 1.54) is 12.1 Å². The largest absolute Gasteiger partial charge is 0.297 e. The lowest BCUT2D eigenvalue weighted by molar-refractivity contribution is 0.275. The zero-order valence-corrected chi connectivity index (χ0v) is 11.0. The van der Waals surface area contributed by atoms with Gasteiger partial charge < -0.3 is 0 Å². The Labute approximate surface area is 98.7 Å². The zero-order chi connectivity index (χ0) is 11.5. The van der Waals surface area contributed by atoms with Gasteiger partial charge in [-0.15, -0.1) is 0 Å². The fourth-order valence-electron chi connectivity index (χ4n) is 0.916. The molecule has 3 nitrogen and oxygen atoms in total. The highest BCUT2D eigenvalue weighted by Gasteiger charge is 2.15. The van der Waals surface area contributed by atoms with E-state index in [1.807, 2.05) is 13.8 Å². The van der Waals surface area contributed by atoms with E-state index in [0.29, 0.717) is 0 Å². The first-order chi connectivity index (χ1) is 6.92. The van der Waals surface area contributed by atoms with Crippen LogP contribution in [0.5, 0.6) is 0 Å². The second kappa shape index (κ2) is 5.09. The molecule has 15 heavy (non-hydrogen) atoms.